The summed E-state index contributed by atoms with van der Waals surface area (Å²) in [6, 6.07) is 9.91. The fourth-order valence-corrected chi connectivity index (χ4v) is 4.74. The molecular weight excluding hydrogens is 459 g/mol. The summed E-state index contributed by atoms with van der Waals surface area (Å²) in [6.07, 6.45) is 1.08. The highest BCUT2D eigenvalue weighted by molar-refractivity contribution is 9.10. The van der Waals surface area contributed by atoms with Crippen molar-refractivity contribution in [2.24, 2.45) is 0 Å². The highest BCUT2D eigenvalue weighted by Crippen LogP contribution is 2.31. The molecule has 0 spiro atoms. The molecule has 1 saturated heterocycles. The van der Waals surface area contributed by atoms with E-state index in [1.807, 2.05) is 24.8 Å². The van der Waals surface area contributed by atoms with E-state index >= 15 is 0 Å². The first kappa shape index (κ1) is 20.3. The Kier molecular flexibility index (Phi) is 5.59. The summed E-state index contributed by atoms with van der Waals surface area (Å²) in [4.78, 5) is 15.2. The summed E-state index contributed by atoms with van der Waals surface area (Å²) in [5.41, 5.74) is 1.91. The van der Waals surface area contributed by atoms with Crippen LogP contribution in [0.5, 0.6) is 0 Å². The number of rotatable bonds is 5. The molecule has 29 heavy (non-hydrogen) atoms. The third-order valence-electron chi connectivity index (χ3n) is 5.00. The lowest BCUT2D eigenvalue weighted by Crippen LogP contribution is -2.36. The van der Waals surface area contributed by atoms with Crippen molar-refractivity contribution in [3.8, 4) is 0 Å². The molecule has 1 aromatic heterocycles. The summed E-state index contributed by atoms with van der Waals surface area (Å²) in [5.74, 6) is -1.04. The van der Waals surface area contributed by atoms with E-state index in [2.05, 4.69) is 20.7 Å². The highest BCUT2D eigenvalue weighted by atomic mass is 79.9. The van der Waals surface area contributed by atoms with Crippen LogP contribution in [0.4, 0.5) is 10.1 Å². The number of benzene rings is 2. The van der Waals surface area contributed by atoms with Gasteiger partial charge in [-0.1, -0.05) is 29.8 Å². The molecule has 5 nitrogen and oxygen atoms in total. The highest BCUT2D eigenvalue weighted by Gasteiger charge is 2.25. The Bertz CT molecular complexity index is 1080. The van der Waals surface area contributed by atoms with Gasteiger partial charge in [0, 0.05) is 40.9 Å². The molecular formula is C21H20BrFN2O3S. The number of nitrogens with one attached hydrogen (secondary N) is 1. The summed E-state index contributed by atoms with van der Waals surface area (Å²) >= 11 is 1.64. The van der Waals surface area contributed by atoms with Crippen LogP contribution in [0.1, 0.15) is 42.3 Å². The van der Waals surface area contributed by atoms with E-state index in [9.17, 15) is 13.7 Å². The maximum absolute atomic E-state index is 14.5. The second kappa shape index (κ2) is 8.01. The molecule has 1 fully saturated rings. The monoisotopic (exact) mass is 478 g/mol. The van der Waals surface area contributed by atoms with Crippen molar-refractivity contribution in [2.75, 3.05) is 18.0 Å². The number of anilines is 1. The molecule has 8 heteroatoms. The van der Waals surface area contributed by atoms with E-state index in [0.717, 1.165) is 35.2 Å². The van der Waals surface area contributed by atoms with Gasteiger partial charge in [-0.05, 0) is 36.6 Å². The first-order valence-electron chi connectivity index (χ1n) is 9.33. The van der Waals surface area contributed by atoms with Gasteiger partial charge in [0.25, 0.3) is 0 Å². The van der Waals surface area contributed by atoms with Crippen LogP contribution in [-0.2, 0) is 11.4 Å². The second-order valence-corrected chi connectivity index (χ2v) is 9.42. The Balaban J connectivity index is 1.58. The van der Waals surface area contributed by atoms with Gasteiger partial charge in [-0.2, -0.15) is 4.72 Å². The zero-order valence-corrected chi connectivity index (χ0v) is 18.4. The van der Waals surface area contributed by atoms with E-state index < -0.39 is 23.1 Å². The molecule has 2 heterocycles. The molecule has 1 N–H and O–H groups in total. The Morgan fingerprint density at radius 1 is 1.28 bits per heavy atom. The number of amides is 1. The van der Waals surface area contributed by atoms with Crippen LogP contribution in [0.3, 0.4) is 0 Å². The maximum atomic E-state index is 14.5. The molecule has 152 valence electrons. The van der Waals surface area contributed by atoms with Crippen molar-refractivity contribution in [3.63, 3.8) is 0 Å². The van der Waals surface area contributed by atoms with Gasteiger partial charge in [0.15, 0.2) is 10.7 Å². The normalized spacial score (nSPS) is 14.9. The van der Waals surface area contributed by atoms with Crippen LogP contribution in [0.15, 0.2) is 50.2 Å². The van der Waals surface area contributed by atoms with E-state index in [1.165, 1.54) is 12.1 Å². The van der Waals surface area contributed by atoms with Gasteiger partial charge >= 0.3 is 5.91 Å². The fraction of sp³-hybridized carbons (Fsp3) is 0.286. The minimum atomic E-state index is -1.77. The van der Waals surface area contributed by atoms with Crippen molar-refractivity contribution >= 4 is 49.9 Å². The summed E-state index contributed by atoms with van der Waals surface area (Å²) in [6.45, 7) is 5.73. The smallest absolute Gasteiger partial charge is 0.328 e. The number of hydrogen-bond acceptors (Lipinski definition) is 4. The number of carbonyl (C=O) groups is 1. The molecule has 0 bridgehead atoms. The molecule has 2 aromatic carbocycles. The lowest BCUT2D eigenvalue weighted by Gasteiger charge is -2.33. The first-order valence-corrected chi connectivity index (χ1v) is 11.3. The van der Waals surface area contributed by atoms with Crippen LogP contribution >= 0.6 is 15.9 Å². The van der Waals surface area contributed by atoms with Crippen molar-refractivity contribution in [1.82, 2.24) is 4.72 Å². The van der Waals surface area contributed by atoms with Gasteiger partial charge in [0.1, 0.15) is 22.8 Å². The zero-order chi connectivity index (χ0) is 20.7. The molecule has 0 radical (unpaired) electrons. The number of halogens is 2. The van der Waals surface area contributed by atoms with Crippen LogP contribution in [0, 0.1) is 5.82 Å². The van der Waals surface area contributed by atoms with Gasteiger partial charge in [-0.25, -0.2) is 4.39 Å². The zero-order valence-electron chi connectivity index (χ0n) is 16.0. The number of nitrogens with zero attached hydrogens (tertiary/aromatic N) is 1. The Labute approximate surface area is 179 Å². The van der Waals surface area contributed by atoms with Gasteiger partial charge in [0.05, 0.1) is 5.39 Å². The molecule has 0 aliphatic carbocycles. The third-order valence-corrected chi connectivity index (χ3v) is 6.63. The number of carbonyl (C=O) groups excluding carboxylic acids is 1. The van der Waals surface area contributed by atoms with Gasteiger partial charge in [-0.15, -0.1) is 0 Å². The lowest BCUT2D eigenvalue weighted by atomic mass is 10.0. The Hall–Kier alpha value is -2.03. The minimum Gasteiger partial charge on any atom is -0.588 e. The van der Waals surface area contributed by atoms with E-state index in [4.69, 9.17) is 4.42 Å². The van der Waals surface area contributed by atoms with Crippen molar-refractivity contribution in [1.29, 1.82) is 0 Å². The van der Waals surface area contributed by atoms with Crippen LogP contribution < -0.4 is 9.62 Å². The SMILES string of the molecule is CC(C)c1cc(Br)ccc1[S+]([O-])NC(=O)c1cc2c(F)cc(N3CCC3)cc2o1. The van der Waals surface area contributed by atoms with Crippen molar-refractivity contribution in [3.05, 3.63) is 58.0 Å². The average Bonchev–Trinajstić information content (AvgIpc) is 3.05. The van der Waals surface area contributed by atoms with E-state index in [1.54, 1.807) is 18.2 Å². The maximum Gasteiger partial charge on any atom is 0.328 e. The van der Waals surface area contributed by atoms with Crippen molar-refractivity contribution < 1.29 is 18.2 Å². The van der Waals surface area contributed by atoms with Crippen molar-refractivity contribution in [2.45, 2.75) is 31.1 Å². The molecule has 1 atom stereocenters. The summed E-state index contributed by atoms with van der Waals surface area (Å²) < 4.78 is 36.2. The van der Waals surface area contributed by atoms with E-state index in [0.29, 0.717) is 10.5 Å². The Morgan fingerprint density at radius 2 is 2.03 bits per heavy atom. The molecule has 1 amide bonds. The average molecular weight is 479 g/mol. The third kappa shape index (κ3) is 4.01. The predicted octanol–water partition coefficient (Wildman–Crippen LogP) is 5.12. The quantitative estimate of drug-likeness (QED) is 0.516. The lowest BCUT2D eigenvalue weighted by molar-refractivity contribution is 0.0956. The van der Waals surface area contributed by atoms with E-state index in [-0.39, 0.29) is 17.1 Å². The second-order valence-electron chi connectivity index (χ2n) is 7.33. The van der Waals surface area contributed by atoms with Crippen LogP contribution in [-0.4, -0.2) is 23.5 Å². The molecule has 1 aliphatic heterocycles. The molecule has 1 aliphatic rings. The minimum absolute atomic E-state index is 0.0729. The molecule has 4 rings (SSSR count). The first-order chi connectivity index (χ1) is 13.8. The summed E-state index contributed by atoms with van der Waals surface area (Å²) in [5, 5.41) is 0.233. The number of fused-ring (bicyclic) bond motifs is 1. The standard InChI is InChI=1S/C21H20BrFN2O3S/c1-12(2)15-8-13(22)4-5-20(15)29(27)24-21(26)19-11-16-17(23)9-14(10-18(16)28-19)25-6-3-7-25/h4-5,8-12H,3,6-7H2,1-2H3,(H,24,26). The number of furan rings is 1. The topological polar surface area (TPSA) is 68.5 Å². The largest absolute Gasteiger partial charge is 0.588 e. The van der Waals surface area contributed by atoms with Gasteiger partial charge < -0.3 is 13.9 Å². The van der Waals surface area contributed by atoms with Gasteiger partial charge in [-0.3, -0.25) is 4.79 Å². The van der Waals surface area contributed by atoms with Crippen LogP contribution in [0.25, 0.3) is 11.0 Å². The van der Waals surface area contributed by atoms with Crippen LogP contribution in [0.2, 0.25) is 0 Å². The molecule has 1 unspecified atom stereocenters. The number of hydrogen-bond donors (Lipinski definition) is 1. The molecule has 3 aromatic rings. The fourth-order valence-electron chi connectivity index (χ4n) is 3.28. The predicted molar refractivity (Wildman–Crippen MR) is 115 cm³/mol. The summed E-state index contributed by atoms with van der Waals surface area (Å²) in [7, 11) is 0. The molecule has 0 saturated carbocycles. The van der Waals surface area contributed by atoms with Gasteiger partial charge in [0.2, 0.25) is 0 Å². The Morgan fingerprint density at radius 3 is 2.69 bits per heavy atom.